The fourth-order valence-electron chi connectivity index (χ4n) is 6.89. The van der Waals surface area contributed by atoms with Crippen LogP contribution in [-0.2, 0) is 18.4 Å². The van der Waals surface area contributed by atoms with Crippen molar-refractivity contribution in [1.82, 2.24) is 9.55 Å². The van der Waals surface area contributed by atoms with E-state index in [0.29, 0.717) is 5.92 Å². The van der Waals surface area contributed by atoms with Gasteiger partial charge in [-0.15, -0.1) is 0 Å². The summed E-state index contributed by atoms with van der Waals surface area (Å²) in [6, 6.07) is 22.4. The second kappa shape index (κ2) is 20.5. The molecular formula is C40H62N2. The number of hydrogen-bond acceptors (Lipinski definition) is 1. The Kier molecular flexibility index (Phi) is 16.7. The first kappa shape index (κ1) is 34.1. The summed E-state index contributed by atoms with van der Waals surface area (Å²) in [6.45, 7) is 8.21. The number of aromatic nitrogens is 2. The van der Waals surface area contributed by atoms with Crippen LogP contribution < -0.4 is 0 Å². The van der Waals surface area contributed by atoms with Crippen LogP contribution in [0.4, 0.5) is 0 Å². The number of aryl methyl sites for hydroxylation is 1. The van der Waals surface area contributed by atoms with Crippen LogP contribution in [-0.4, -0.2) is 9.55 Å². The highest BCUT2D eigenvalue weighted by Gasteiger charge is 2.39. The van der Waals surface area contributed by atoms with Crippen LogP contribution in [0.2, 0.25) is 0 Å². The molecule has 0 saturated carbocycles. The van der Waals surface area contributed by atoms with E-state index in [1.807, 2.05) is 0 Å². The molecule has 0 spiro atoms. The fraction of sp³-hybridized carbons (Fsp3) is 0.625. The van der Waals surface area contributed by atoms with Crippen molar-refractivity contribution >= 4 is 0 Å². The van der Waals surface area contributed by atoms with Crippen LogP contribution in [0.5, 0.6) is 0 Å². The largest absolute Gasteiger partial charge is 0.335 e. The Balaban J connectivity index is 1.64. The van der Waals surface area contributed by atoms with Crippen molar-refractivity contribution in [2.75, 3.05) is 0 Å². The Morgan fingerprint density at radius 1 is 0.619 bits per heavy atom. The monoisotopic (exact) mass is 570 g/mol. The molecule has 0 bridgehead atoms. The summed E-state index contributed by atoms with van der Waals surface area (Å²) in [5.74, 6) is 1.69. The SMILES string of the molecule is CCCCCCCCCCCCCCn1ccnc1C(CCCCCCC)C(C)(Cc1ccccc1)c1ccccc1. The first-order valence-electron chi connectivity index (χ1n) is 17.8. The van der Waals surface area contributed by atoms with E-state index in [4.69, 9.17) is 4.98 Å². The molecule has 42 heavy (non-hydrogen) atoms. The van der Waals surface area contributed by atoms with E-state index < -0.39 is 0 Å². The summed E-state index contributed by atoms with van der Waals surface area (Å²) in [5, 5.41) is 0. The molecule has 0 aliphatic carbocycles. The van der Waals surface area contributed by atoms with Gasteiger partial charge in [-0.05, 0) is 30.4 Å². The number of rotatable bonds is 24. The molecule has 3 aromatic rings. The highest BCUT2D eigenvalue weighted by Crippen LogP contribution is 2.44. The molecule has 0 aliphatic rings. The van der Waals surface area contributed by atoms with Gasteiger partial charge < -0.3 is 4.57 Å². The Morgan fingerprint density at radius 2 is 1.12 bits per heavy atom. The summed E-state index contributed by atoms with van der Waals surface area (Å²) in [5.41, 5.74) is 2.83. The lowest BCUT2D eigenvalue weighted by Crippen LogP contribution is -2.35. The third kappa shape index (κ3) is 11.7. The average Bonchev–Trinajstić information content (AvgIpc) is 3.48. The highest BCUT2D eigenvalue weighted by molar-refractivity contribution is 5.33. The molecule has 2 nitrogen and oxygen atoms in total. The van der Waals surface area contributed by atoms with Crippen LogP contribution in [0.15, 0.2) is 73.1 Å². The van der Waals surface area contributed by atoms with E-state index >= 15 is 0 Å². The zero-order valence-electron chi connectivity index (χ0n) is 27.5. The van der Waals surface area contributed by atoms with Gasteiger partial charge in [0.25, 0.3) is 0 Å². The van der Waals surface area contributed by atoms with Gasteiger partial charge in [-0.1, -0.05) is 184 Å². The standard InChI is InChI=1S/C40H62N2/c1-4-6-8-10-11-12-13-14-15-16-18-26-33-42-34-32-41-39(42)38(31-25-17-9-7-5-2)40(3,37-29-23-20-24-30-37)35-36-27-21-19-22-28-36/h19-24,27-30,32,34,38H,4-18,25-26,31,33,35H2,1-3H3. The third-order valence-corrected chi connectivity index (χ3v) is 9.52. The van der Waals surface area contributed by atoms with Gasteiger partial charge in [0.15, 0.2) is 0 Å². The molecule has 0 N–H and O–H groups in total. The van der Waals surface area contributed by atoms with Crippen LogP contribution >= 0.6 is 0 Å². The maximum Gasteiger partial charge on any atom is 0.112 e. The molecule has 2 unspecified atom stereocenters. The molecule has 0 saturated heterocycles. The van der Waals surface area contributed by atoms with Gasteiger partial charge >= 0.3 is 0 Å². The lowest BCUT2D eigenvalue weighted by molar-refractivity contribution is 0.321. The molecular weight excluding hydrogens is 508 g/mol. The first-order chi connectivity index (χ1) is 20.7. The van der Waals surface area contributed by atoms with Crippen LogP contribution in [0.1, 0.15) is 159 Å². The quantitative estimate of drug-likeness (QED) is 0.0979. The van der Waals surface area contributed by atoms with Gasteiger partial charge in [0, 0.05) is 30.3 Å². The Labute approximate surface area is 259 Å². The number of nitrogens with zero attached hydrogens (tertiary/aromatic N) is 2. The number of benzene rings is 2. The molecule has 3 rings (SSSR count). The van der Waals surface area contributed by atoms with Gasteiger partial charge in [-0.25, -0.2) is 4.98 Å². The van der Waals surface area contributed by atoms with Crippen LogP contribution in [0, 0.1) is 0 Å². The van der Waals surface area contributed by atoms with Crippen molar-refractivity contribution < 1.29 is 0 Å². The minimum atomic E-state index is -0.0208. The topological polar surface area (TPSA) is 17.8 Å². The summed E-state index contributed by atoms with van der Waals surface area (Å²) in [6.07, 6.45) is 29.8. The second-order valence-electron chi connectivity index (χ2n) is 13.1. The highest BCUT2D eigenvalue weighted by atomic mass is 15.1. The molecule has 0 aliphatic heterocycles. The minimum Gasteiger partial charge on any atom is -0.335 e. The molecule has 1 aromatic heterocycles. The minimum absolute atomic E-state index is 0.0208. The van der Waals surface area contributed by atoms with Gasteiger partial charge in [-0.2, -0.15) is 0 Å². The van der Waals surface area contributed by atoms with Crippen molar-refractivity contribution in [2.24, 2.45) is 0 Å². The first-order valence-corrected chi connectivity index (χ1v) is 17.8. The smallest absolute Gasteiger partial charge is 0.112 e. The maximum absolute atomic E-state index is 5.10. The molecule has 1 heterocycles. The summed E-state index contributed by atoms with van der Waals surface area (Å²) in [7, 11) is 0. The molecule has 2 aromatic carbocycles. The number of imidazole rings is 1. The Bertz CT molecular complexity index is 1040. The zero-order chi connectivity index (χ0) is 29.7. The number of unbranched alkanes of at least 4 members (excludes halogenated alkanes) is 15. The lowest BCUT2D eigenvalue weighted by Gasteiger charge is -2.39. The van der Waals surface area contributed by atoms with E-state index in [9.17, 15) is 0 Å². The normalized spacial score (nSPS) is 13.7. The van der Waals surface area contributed by atoms with Crippen molar-refractivity contribution in [1.29, 1.82) is 0 Å². The van der Waals surface area contributed by atoms with E-state index in [0.717, 1.165) is 13.0 Å². The maximum atomic E-state index is 5.10. The van der Waals surface area contributed by atoms with Gasteiger partial charge in [0.2, 0.25) is 0 Å². The van der Waals surface area contributed by atoms with Crippen molar-refractivity contribution in [3.63, 3.8) is 0 Å². The van der Waals surface area contributed by atoms with E-state index in [1.54, 1.807) is 0 Å². The molecule has 0 radical (unpaired) electrons. The summed E-state index contributed by atoms with van der Waals surface area (Å²) in [4.78, 5) is 5.10. The average molecular weight is 571 g/mol. The predicted octanol–water partition coefficient (Wildman–Crippen LogP) is 12.2. The predicted molar refractivity (Wildman–Crippen MR) is 183 cm³/mol. The molecule has 2 atom stereocenters. The fourth-order valence-corrected chi connectivity index (χ4v) is 6.89. The van der Waals surface area contributed by atoms with Gasteiger partial charge in [0.05, 0.1) is 0 Å². The van der Waals surface area contributed by atoms with Gasteiger partial charge in [0.1, 0.15) is 5.82 Å². The van der Waals surface area contributed by atoms with Crippen LogP contribution in [0.3, 0.4) is 0 Å². The van der Waals surface area contributed by atoms with E-state index in [2.05, 4.69) is 98.4 Å². The van der Waals surface area contributed by atoms with Crippen molar-refractivity contribution in [3.05, 3.63) is 90.0 Å². The van der Waals surface area contributed by atoms with Gasteiger partial charge in [-0.3, -0.25) is 0 Å². The lowest BCUT2D eigenvalue weighted by atomic mass is 9.66. The van der Waals surface area contributed by atoms with Crippen molar-refractivity contribution in [3.8, 4) is 0 Å². The summed E-state index contributed by atoms with van der Waals surface area (Å²) >= 11 is 0. The Morgan fingerprint density at radius 3 is 1.69 bits per heavy atom. The third-order valence-electron chi connectivity index (χ3n) is 9.52. The molecule has 0 fully saturated rings. The van der Waals surface area contributed by atoms with Crippen molar-refractivity contribution in [2.45, 2.75) is 161 Å². The Hall–Kier alpha value is -2.35. The number of hydrogen-bond donors (Lipinski definition) is 0. The van der Waals surface area contributed by atoms with E-state index in [-0.39, 0.29) is 5.41 Å². The van der Waals surface area contributed by atoms with Crippen LogP contribution in [0.25, 0.3) is 0 Å². The van der Waals surface area contributed by atoms with E-state index in [1.165, 1.54) is 133 Å². The molecule has 2 heteroatoms. The molecule has 0 amide bonds. The summed E-state index contributed by atoms with van der Waals surface area (Å²) < 4.78 is 2.51. The zero-order valence-corrected chi connectivity index (χ0v) is 27.5. The molecule has 232 valence electrons. The second-order valence-corrected chi connectivity index (χ2v) is 13.1.